The van der Waals surface area contributed by atoms with Crippen LogP contribution >= 0.6 is 11.3 Å². The lowest BCUT2D eigenvalue weighted by atomic mass is 10.1. The van der Waals surface area contributed by atoms with Gasteiger partial charge in [0.25, 0.3) is 0 Å². The van der Waals surface area contributed by atoms with Crippen LogP contribution in [0.5, 0.6) is 0 Å². The highest BCUT2D eigenvalue weighted by molar-refractivity contribution is 7.07. The second kappa shape index (κ2) is 5.41. The minimum atomic E-state index is 0.0549. The fourth-order valence-electron chi connectivity index (χ4n) is 1.67. The number of amides is 1. The number of nitrogens with one attached hydrogen (secondary N) is 1. The van der Waals surface area contributed by atoms with Gasteiger partial charge in [0.05, 0.1) is 11.2 Å². The number of hydrogen-bond donors (Lipinski definition) is 2. The summed E-state index contributed by atoms with van der Waals surface area (Å²) in [7, 11) is 0. The van der Waals surface area contributed by atoms with Gasteiger partial charge in [-0.25, -0.2) is 4.98 Å². The Morgan fingerprint density at radius 1 is 1.69 bits per heavy atom. The zero-order chi connectivity index (χ0) is 11.4. The molecule has 1 fully saturated rings. The van der Waals surface area contributed by atoms with Crippen molar-refractivity contribution in [1.82, 2.24) is 10.3 Å². The van der Waals surface area contributed by atoms with Crippen molar-refractivity contribution in [3.63, 3.8) is 0 Å². The number of nitrogens with zero attached hydrogens (tertiary/aromatic N) is 1. The van der Waals surface area contributed by atoms with Crippen molar-refractivity contribution in [3.8, 4) is 0 Å². The average molecular weight is 239 g/mol. The summed E-state index contributed by atoms with van der Waals surface area (Å²) in [4.78, 5) is 15.7. The Labute approximate surface area is 99.3 Å². The van der Waals surface area contributed by atoms with Crippen LogP contribution < -0.4 is 11.1 Å². The smallest absolute Gasteiger partial charge is 0.221 e. The molecule has 1 aromatic heterocycles. The molecule has 0 aliphatic heterocycles. The van der Waals surface area contributed by atoms with Gasteiger partial charge in [0.1, 0.15) is 0 Å². The summed E-state index contributed by atoms with van der Waals surface area (Å²) in [6.45, 7) is 0.653. The van der Waals surface area contributed by atoms with Crippen LogP contribution in [0, 0.1) is 5.92 Å². The third-order valence-corrected chi connectivity index (χ3v) is 3.47. The molecule has 5 heteroatoms. The first kappa shape index (κ1) is 11.5. The summed E-state index contributed by atoms with van der Waals surface area (Å²) in [6, 6.07) is 0.0549. The van der Waals surface area contributed by atoms with Gasteiger partial charge in [-0.05, 0) is 18.8 Å². The molecule has 4 nitrogen and oxygen atoms in total. The Hall–Kier alpha value is -0.940. The van der Waals surface area contributed by atoms with Gasteiger partial charge in [0, 0.05) is 30.8 Å². The third kappa shape index (κ3) is 3.57. The van der Waals surface area contributed by atoms with E-state index in [4.69, 9.17) is 5.73 Å². The van der Waals surface area contributed by atoms with Gasteiger partial charge in [0.2, 0.25) is 5.91 Å². The van der Waals surface area contributed by atoms with Crippen molar-refractivity contribution in [1.29, 1.82) is 0 Å². The predicted octanol–water partition coefficient (Wildman–Crippen LogP) is 0.929. The third-order valence-electron chi connectivity index (χ3n) is 2.84. The topological polar surface area (TPSA) is 68.0 Å². The van der Waals surface area contributed by atoms with E-state index in [2.05, 4.69) is 10.3 Å². The zero-order valence-corrected chi connectivity index (χ0v) is 10.0. The normalized spacial score (nSPS) is 17.1. The van der Waals surface area contributed by atoms with Gasteiger partial charge in [0.15, 0.2) is 0 Å². The van der Waals surface area contributed by atoms with Crippen molar-refractivity contribution in [3.05, 3.63) is 16.6 Å². The van der Waals surface area contributed by atoms with Crippen LogP contribution in [0.2, 0.25) is 0 Å². The number of rotatable bonds is 6. The lowest BCUT2D eigenvalue weighted by Gasteiger charge is -2.09. The Kier molecular flexibility index (Phi) is 3.90. The number of carbonyl (C=O) groups excluding carboxylic acids is 1. The second-order valence-electron chi connectivity index (χ2n) is 4.29. The molecule has 2 rings (SSSR count). The second-order valence-corrected chi connectivity index (χ2v) is 5.00. The van der Waals surface area contributed by atoms with E-state index >= 15 is 0 Å². The van der Waals surface area contributed by atoms with Crippen molar-refractivity contribution >= 4 is 17.2 Å². The highest BCUT2D eigenvalue weighted by atomic mass is 32.1. The van der Waals surface area contributed by atoms with E-state index in [1.165, 1.54) is 12.8 Å². The fraction of sp³-hybridized carbons (Fsp3) is 0.636. The Morgan fingerprint density at radius 2 is 2.50 bits per heavy atom. The maximum atomic E-state index is 11.5. The minimum Gasteiger partial charge on any atom is -0.356 e. The standard InChI is InChI=1S/C11H17N3OS/c12-10(8-1-2-8)5-11(15)13-4-3-9-6-16-7-14-9/h6-8,10H,1-5,12H2,(H,13,15). The first-order chi connectivity index (χ1) is 7.75. The molecule has 1 heterocycles. The number of carbonyl (C=O) groups is 1. The lowest BCUT2D eigenvalue weighted by molar-refractivity contribution is -0.121. The Balaban J connectivity index is 1.60. The molecule has 1 saturated carbocycles. The van der Waals surface area contributed by atoms with Crippen LogP contribution in [-0.4, -0.2) is 23.5 Å². The number of nitrogens with two attached hydrogens (primary N) is 1. The molecule has 1 aliphatic carbocycles. The van der Waals surface area contributed by atoms with Crippen LogP contribution in [0.1, 0.15) is 25.0 Å². The summed E-state index contributed by atoms with van der Waals surface area (Å²) in [5.74, 6) is 0.652. The van der Waals surface area contributed by atoms with E-state index in [0.29, 0.717) is 18.9 Å². The van der Waals surface area contributed by atoms with Crippen molar-refractivity contribution < 1.29 is 4.79 Å². The molecule has 0 aromatic carbocycles. The van der Waals surface area contributed by atoms with Gasteiger partial charge in [-0.1, -0.05) is 0 Å². The summed E-state index contributed by atoms with van der Waals surface area (Å²) >= 11 is 1.58. The molecule has 1 aromatic rings. The van der Waals surface area contributed by atoms with Crippen molar-refractivity contribution in [2.45, 2.75) is 31.7 Å². The van der Waals surface area contributed by atoms with Gasteiger partial charge in [-0.2, -0.15) is 0 Å². The molecule has 0 spiro atoms. The quantitative estimate of drug-likeness (QED) is 0.776. The minimum absolute atomic E-state index is 0.0549. The molecule has 16 heavy (non-hydrogen) atoms. The van der Waals surface area contributed by atoms with Crippen molar-refractivity contribution in [2.24, 2.45) is 11.7 Å². The summed E-state index contributed by atoms with van der Waals surface area (Å²) in [5.41, 5.74) is 8.72. The van der Waals surface area contributed by atoms with Crippen molar-refractivity contribution in [2.75, 3.05) is 6.54 Å². The Morgan fingerprint density at radius 3 is 3.12 bits per heavy atom. The number of thiazole rings is 1. The zero-order valence-electron chi connectivity index (χ0n) is 9.19. The van der Waals surface area contributed by atoms with E-state index in [9.17, 15) is 4.79 Å². The molecule has 0 radical (unpaired) electrons. The SMILES string of the molecule is NC(CC(=O)NCCc1cscn1)C1CC1. The molecule has 1 aliphatic rings. The van der Waals surface area contributed by atoms with Gasteiger partial charge in [-0.15, -0.1) is 11.3 Å². The van der Waals surface area contributed by atoms with E-state index in [-0.39, 0.29) is 11.9 Å². The monoisotopic (exact) mass is 239 g/mol. The van der Waals surface area contributed by atoms with E-state index in [0.717, 1.165) is 12.1 Å². The molecule has 88 valence electrons. The van der Waals surface area contributed by atoms with E-state index < -0.39 is 0 Å². The highest BCUT2D eigenvalue weighted by Gasteiger charge is 2.29. The van der Waals surface area contributed by atoms with Crippen LogP contribution in [0.15, 0.2) is 10.9 Å². The maximum Gasteiger partial charge on any atom is 0.221 e. The molecule has 1 unspecified atom stereocenters. The molecule has 1 amide bonds. The highest BCUT2D eigenvalue weighted by Crippen LogP contribution is 2.32. The first-order valence-corrected chi connectivity index (χ1v) is 6.59. The first-order valence-electron chi connectivity index (χ1n) is 5.65. The van der Waals surface area contributed by atoms with Gasteiger partial charge >= 0.3 is 0 Å². The molecule has 1 atom stereocenters. The predicted molar refractivity (Wildman–Crippen MR) is 64.1 cm³/mol. The maximum absolute atomic E-state index is 11.5. The Bertz CT molecular complexity index is 335. The van der Waals surface area contributed by atoms with E-state index in [1.54, 1.807) is 16.8 Å². The number of hydrogen-bond acceptors (Lipinski definition) is 4. The molecule has 0 saturated heterocycles. The summed E-state index contributed by atoms with van der Waals surface area (Å²) < 4.78 is 0. The van der Waals surface area contributed by atoms with Crippen LogP contribution in [0.25, 0.3) is 0 Å². The van der Waals surface area contributed by atoms with Crippen LogP contribution in [0.4, 0.5) is 0 Å². The lowest BCUT2D eigenvalue weighted by Crippen LogP contribution is -2.33. The summed E-state index contributed by atoms with van der Waals surface area (Å²) in [6.07, 6.45) is 3.64. The molecular weight excluding hydrogens is 222 g/mol. The van der Waals surface area contributed by atoms with Gasteiger partial charge < -0.3 is 11.1 Å². The largest absolute Gasteiger partial charge is 0.356 e. The average Bonchev–Trinajstić information content (AvgIpc) is 2.98. The summed E-state index contributed by atoms with van der Waals surface area (Å²) in [5, 5.41) is 4.88. The van der Waals surface area contributed by atoms with E-state index in [1.807, 2.05) is 5.38 Å². The molecule has 0 bridgehead atoms. The molecule has 3 N–H and O–H groups in total. The molecular formula is C11H17N3OS. The number of aromatic nitrogens is 1. The van der Waals surface area contributed by atoms with Gasteiger partial charge in [-0.3, -0.25) is 4.79 Å². The fourth-order valence-corrected chi connectivity index (χ4v) is 2.26. The van der Waals surface area contributed by atoms with Crippen LogP contribution in [0.3, 0.4) is 0 Å². The van der Waals surface area contributed by atoms with Crippen LogP contribution in [-0.2, 0) is 11.2 Å².